The number of hydrogen-bond acceptors (Lipinski definition) is 3. The molecule has 14 heavy (non-hydrogen) atoms. The van der Waals surface area contributed by atoms with Crippen molar-refractivity contribution in [2.24, 2.45) is 0 Å². The van der Waals surface area contributed by atoms with E-state index in [1.807, 2.05) is 0 Å². The van der Waals surface area contributed by atoms with Crippen molar-refractivity contribution in [2.45, 2.75) is 12.8 Å². The van der Waals surface area contributed by atoms with Gasteiger partial charge in [-0.15, -0.1) is 0 Å². The standard InChI is InChI=1S/C11H20N2O/c1(11-2-9-14-10-3-11)6-13-7-4-12-5-8-13/h1,12H,2-10H2. The van der Waals surface area contributed by atoms with E-state index in [2.05, 4.69) is 16.3 Å². The van der Waals surface area contributed by atoms with Crippen LogP contribution >= 0.6 is 0 Å². The van der Waals surface area contributed by atoms with Crippen LogP contribution in [-0.4, -0.2) is 50.8 Å². The maximum Gasteiger partial charge on any atom is 0.0503 e. The molecule has 2 saturated heterocycles. The monoisotopic (exact) mass is 196 g/mol. The van der Waals surface area contributed by atoms with Gasteiger partial charge < -0.3 is 10.1 Å². The summed E-state index contributed by atoms with van der Waals surface area (Å²) in [4.78, 5) is 2.51. The van der Waals surface area contributed by atoms with Crippen LogP contribution in [0.3, 0.4) is 0 Å². The molecule has 3 nitrogen and oxygen atoms in total. The zero-order valence-electron chi connectivity index (χ0n) is 8.80. The summed E-state index contributed by atoms with van der Waals surface area (Å²) in [6.45, 7) is 7.66. The van der Waals surface area contributed by atoms with Gasteiger partial charge in [0.2, 0.25) is 0 Å². The molecule has 0 aliphatic carbocycles. The van der Waals surface area contributed by atoms with Gasteiger partial charge >= 0.3 is 0 Å². The van der Waals surface area contributed by atoms with Gasteiger partial charge in [-0.1, -0.05) is 11.6 Å². The number of hydrogen-bond donors (Lipinski definition) is 1. The van der Waals surface area contributed by atoms with Crippen molar-refractivity contribution in [2.75, 3.05) is 45.9 Å². The van der Waals surface area contributed by atoms with Gasteiger partial charge in [0.25, 0.3) is 0 Å². The molecule has 2 rings (SSSR count). The second-order valence-electron chi connectivity index (χ2n) is 4.03. The molecule has 0 aromatic carbocycles. The van der Waals surface area contributed by atoms with E-state index in [0.717, 1.165) is 45.7 Å². The Kier molecular flexibility index (Phi) is 3.98. The summed E-state index contributed by atoms with van der Waals surface area (Å²) in [5, 5.41) is 3.37. The molecule has 1 N–H and O–H groups in total. The van der Waals surface area contributed by atoms with E-state index in [0.29, 0.717) is 0 Å². The first-order chi connectivity index (χ1) is 6.95. The summed E-state index contributed by atoms with van der Waals surface area (Å²) in [7, 11) is 0. The number of nitrogens with zero attached hydrogens (tertiary/aromatic N) is 1. The fourth-order valence-electron chi connectivity index (χ4n) is 1.99. The number of nitrogens with one attached hydrogen (secondary N) is 1. The minimum absolute atomic E-state index is 0.924. The van der Waals surface area contributed by atoms with Crippen LogP contribution in [0.1, 0.15) is 12.8 Å². The Morgan fingerprint density at radius 3 is 2.64 bits per heavy atom. The molecule has 2 fully saturated rings. The highest BCUT2D eigenvalue weighted by Gasteiger charge is 2.09. The lowest BCUT2D eigenvalue weighted by molar-refractivity contribution is 0.118. The normalized spacial score (nSPS) is 25.0. The van der Waals surface area contributed by atoms with Crippen molar-refractivity contribution in [3.05, 3.63) is 11.6 Å². The van der Waals surface area contributed by atoms with E-state index in [4.69, 9.17) is 4.74 Å². The Morgan fingerprint density at radius 1 is 1.21 bits per heavy atom. The van der Waals surface area contributed by atoms with E-state index in [-0.39, 0.29) is 0 Å². The van der Waals surface area contributed by atoms with Crippen molar-refractivity contribution in [1.29, 1.82) is 0 Å². The maximum absolute atomic E-state index is 5.33. The van der Waals surface area contributed by atoms with E-state index in [1.165, 1.54) is 13.1 Å². The van der Waals surface area contributed by atoms with Gasteiger partial charge in [0.1, 0.15) is 0 Å². The Labute approximate surface area is 86.1 Å². The van der Waals surface area contributed by atoms with Crippen LogP contribution in [0, 0.1) is 0 Å². The summed E-state index contributed by atoms with van der Waals surface area (Å²) in [6.07, 6.45) is 4.70. The predicted octanol–water partition coefficient (Wildman–Crippen LogP) is 0.628. The maximum atomic E-state index is 5.33. The van der Waals surface area contributed by atoms with Gasteiger partial charge in [0, 0.05) is 32.7 Å². The summed E-state index contributed by atoms with van der Waals surface area (Å²) in [6, 6.07) is 0. The fraction of sp³-hybridized carbons (Fsp3) is 0.818. The Morgan fingerprint density at radius 2 is 1.93 bits per heavy atom. The average Bonchev–Trinajstić information content (AvgIpc) is 2.29. The van der Waals surface area contributed by atoms with E-state index >= 15 is 0 Å². The number of rotatable bonds is 2. The molecular formula is C11H20N2O. The van der Waals surface area contributed by atoms with E-state index in [9.17, 15) is 0 Å². The zero-order chi connectivity index (χ0) is 9.64. The van der Waals surface area contributed by atoms with Gasteiger partial charge in [0.15, 0.2) is 0 Å². The van der Waals surface area contributed by atoms with Gasteiger partial charge in [0.05, 0.1) is 13.2 Å². The highest BCUT2D eigenvalue weighted by atomic mass is 16.5. The number of ether oxygens (including phenoxy) is 1. The van der Waals surface area contributed by atoms with Gasteiger partial charge in [-0.2, -0.15) is 0 Å². The molecule has 2 aliphatic rings. The summed E-state index contributed by atoms with van der Waals surface area (Å²) in [5.74, 6) is 0. The average molecular weight is 196 g/mol. The second kappa shape index (κ2) is 5.49. The largest absolute Gasteiger partial charge is 0.381 e. The SMILES string of the molecule is C(CN1CCNCC1)=C1CCOCC1. The van der Waals surface area contributed by atoms with Crippen LogP contribution < -0.4 is 5.32 Å². The van der Waals surface area contributed by atoms with Crippen molar-refractivity contribution >= 4 is 0 Å². The van der Waals surface area contributed by atoms with Crippen molar-refractivity contribution in [3.8, 4) is 0 Å². The molecule has 3 heteroatoms. The third-order valence-electron chi connectivity index (χ3n) is 2.98. The molecule has 0 spiro atoms. The fourth-order valence-corrected chi connectivity index (χ4v) is 1.99. The molecule has 0 unspecified atom stereocenters. The van der Waals surface area contributed by atoms with Crippen LogP contribution in [-0.2, 0) is 4.74 Å². The Hall–Kier alpha value is -0.380. The highest BCUT2D eigenvalue weighted by molar-refractivity contribution is 5.05. The topological polar surface area (TPSA) is 24.5 Å². The lowest BCUT2D eigenvalue weighted by atomic mass is 10.1. The van der Waals surface area contributed by atoms with Crippen LogP contribution in [0.2, 0.25) is 0 Å². The first kappa shape index (κ1) is 10.1. The molecule has 2 heterocycles. The summed E-state index contributed by atoms with van der Waals surface area (Å²) >= 11 is 0. The van der Waals surface area contributed by atoms with Gasteiger partial charge in [-0.05, 0) is 12.8 Å². The Balaban J connectivity index is 1.73. The molecule has 0 saturated carbocycles. The predicted molar refractivity (Wildman–Crippen MR) is 57.4 cm³/mol. The van der Waals surface area contributed by atoms with Crippen LogP contribution in [0.5, 0.6) is 0 Å². The van der Waals surface area contributed by atoms with Crippen molar-refractivity contribution in [1.82, 2.24) is 10.2 Å². The zero-order valence-corrected chi connectivity index (χ0v) is 8.80. The molecule has 2 aliphatic heterocycles. The lowest BCUT2D eigenvalue weighted by Crippen LogP contribution is -2.43. The summed E-state index contributed by atoms with van der Waals surface area (Å²) in [5.41, 5.74) is 1.59. The molecule has 80 valence electrons. The molecule has 0 radical (unpaired) electrons. The van der Waals surface area contributed by atoms with Crippen LogP contribution in [0.4, 0.5) is 0 Å². The molecule has 0 amide bonds. The first-order valence-corrected chi connectivity index (χ1v) is 5.64. The third-order valence-corrected chi connectivity index (χ3v) is 2.98. The molecule has 0 aromatic rings. The second-order valence-corrected chi connectivity index (χ2v) is 4.03. The molecule has 0 atom stereocenters. The number of piperazine rings is 1. The first-order valence-electron chi connectivity index (χ1n) is 5.64. The Bertz CT molecular complexity index is 189. The van der Waals surface area contributed by atoms with Crippen LogP contribution in [0.15, 0.2) is 11.6 Å². The van der Waals surface area contributed by atoms with E-state index < -0.39 is 0 Å². The minimum Gasteiger partial charge on any atom is -0.381 e. The highest BCUT2D eigenvalue weighted by Crippen LogP contribution is 2.13. The summed E-state index contributed by atoms with van der Waals surface area (Å²) < 4.78 is 5.33. The minimum atomic E-state index is 0.924. The smallest absolute Gasteiger partial charge is 0.0503 e. The molecule has 0 bridgehead atoms. The third kappa shape index (κ3) is 3.08. The lowest BCUT2D eigenvalue weighted by Gasteiger charge is -2.26. The van der Waals surface area contributed by atoms with Crippen LogP contribution in [0.25, 0.3) is 0 Å². The molecule has 0 aromatic heterocycles. The quantitative estimate of drug-likeness (QED) is 0.656. The molecular weight excluding hydrogens is 176 g/mol. The van der Waals surface area contributed by atoms with Crippen molar-refractivity contribution in [3.63, 3.8) is 0 Å². The van der Waals surface area contributed by atoms with Crippen molar-refractivity contribution < 1.29 is 4.74 Å². The van der Waals surface area contributed by atoms with Gasteiger partial charge in [-0.3, -0.25) is 4.90 Å². The van der Waals surface area contributed by atoms with E-state index in [1.54, 1.807) is 5.57 Å². The van der Waals surface area contributed by atoms with Gasteiger partial charge in [-0.25, -0.2) is 0 Å².